The molecular formula is C14H23N3O2S. The van der Waals surface area contributed by atoms with E-state index in [1.807, 2.05) is 20.0 Å². The van der Waals surface area contributed by atoms with E-state index in [2.05, 4.69) is 21.6 Å². The molecule has 1 aliphatic rings. The molecule has 1 aromatic rings. The van der Waals surface area contributed by atoms with Crippen molar-refractivity contribution in [3.05, 3.63) is 29.8 Å². The van der Waals surface area contributed by atoms with Crippen molar-refractivity contribution in [2.45, 2.75) is 17.9 Å². The van der Waals surface area contributed by atoms with Crippen LogP contribution in [0.3, 0.4) is 0 Å². The molecule has 1 saturated heterocycles. The Kier molecular flexibility index (Phi) is 4.80. The first-order valence-electron chi connectivity index (χ1n) is 6.83. The zero-order chi connectivity index (χ0) is 14.8. The van der Waals surface area contributed by atoms with Gasteiger partial charge in [-0.25, -0.2) is 13.1 Å². The molecule has 1 atom stereocenters. The minimum Gasteiger partial charge on any atom is -0.303 e. The summed E-state index contributed by atoms with van der Waals surface area (Å²) < 4.78 is 27.3. The van der Waals surface area contributed by atoms with E-state index in [1.54, 1.807) is 18.2 Å². The number of benzene rings is 1. The fraction of sp³-hybridized carbons (Fsp3) is 0.571. The third-order valence-corrected chi connectivity index (χ3v) is 5.21. The van der Waals surface area contributed by atoms with Crippen LogP contribution >= 0.6 is 0 Å². The van der Waals surface area contributed by atoms with Gasteiger partial charge in [0, 0.05) is 32.2 Å². The molecule has 0 bridgehead atoms. The van der Waals surface area contributed by atoms with Crippen LogP contribution in [0.2, 0.25) is 0 Å². The Morgan fingerprint density at radius 2 is 2.05 bits per heavy atom. The lowest BCUT2D eigenvalue weighted by Gasteiger charge is -2.37. The van der Waals surface area contributed by atoms with E-state index in [0.29, 0.717) is 11.4 Å². The van der Waals surface area contributed by atoms with Crippen molar-refractivity contribution < 1.29 is 8.42 Å². The summed E-state index contributed by atoms with van der Waals surface area (Å²) in [6, 6.07) is 7.20. The quantitative estimate of drug-likeness (QED) is 0.880. The molecule has 0 spiro atoms. The molecule has 20 heavy (non-hydrogen) atoms. The van der Waals surface area contributed by atoms with Gasteiger partial charge in [0.15, 0.2) is 0 Å². The van der Waals surface area contributed by atoms with Crippen LogP contribution in [0.25, 0.3) is 0 Å². The molecule has 0 amide bonds. The molecule has 1 heterocycles. The minimum atomic E-state index is -3.42. The van der Waals surface area contributed by atoms with Gasteiger partial charge in [0.25, 0.3) is 0 Å². The Labute approximate surface area is 121 Å². The summed E-state index contributed by atoms with van der Waals surface area (Å²) in [4.78, 5) is 4.77. The van der Waals surface area contributed by atoms with E-state index >= 15 is 0 Å². The Balaban J connectivity index is 2.02. The third-order valence-electron chi connectivity index (χ3n) is 3.79. The number of hydrogen-bond acceptors (Lipinski definition) is 4. The van der Waals surface area contributed by atoms with E-state index in [-0.39, 0.29) is 6.04 Å². The van der Waals surface area contributed by atoms with Gasteiger partial charge in [0.05, 0.1) is 4.90 Å². The molecule has 1 fully saturated rings. The highest BCUT2D eigenvalue weighted by Gasteiger charge is 2.24. The molecule has 0 aliphatic carbocycles. The van der Waals surface area contributed by atoms with Crippen LogP contribution in [0.4, 0.5) is 0 Å². The van der Waals surface area contributed by atoms with Crippen molar-refractivity contribution in [3.63, 3.8) is 0 Å². The predicted octanol–water partition coefficient (Wildman–Crippen LogP) is 0.519. The summed E-state index contributed by atoms with van der Waals surface area (Å²) in [5, 5.41) is 0. The molecule has 6 heteroatoms. The molecule has 2 rings (SSSR count). The Hall–Kier alpha value is -0.950. The molecule has 1 aromatic carbocycles. The summed E-state index contributed by atoms with van der Waals surface area (Å²) in [5.74, 6) is 0. The summed E-state index contributed by atoms with van der Waals surface area (Å²) in [5.41, 5.74) is 0.947. The fourth-order valence-corrected chi connectivity index (χ4v) is 3.57. The van der Waals surface area contributed by atoms with Gasteiger partial charge in [-0.05, 0) is 38.7 Å². The molecule has 0 aromatic heterocycles. The summed E-state index contributed by atoms with van der Waals surface area (Å²) in [7, 11) is 0.687. The van der Waals surface area contributed by atoms with Crippen molar-refractivity contribution in [1.29, 1.82) is 0 Å². The second-order valence-corrected chi connectivity index (χ2v) is 7.33. The molecule has 5 nitrogen and oxygen atoms in total. The van der Waals surface area contributed by atoms with E-state index in [1.165, 1.54) is 0 Å². The monoisotopic (exact) mass is 297 g/mol. The van der Waals surface area contributed by atoms with Gasteiger partial charge < -0.3 is 4.90 Å². The van der Waals surface area contributed by atoms with Gasteiger partial charge in [0.1, 0.15) is 0 Å². The Morgan fingerprint density at radius 3 is 2.75 bits per heavy atom. The summed E-state index contributed by atoms with van der Waals surface area (Å²) >= 11 is 0. The van der Waals surface area contributed by atoms with Crippen LogP contribution < -0.4 is 4.72 Å². The standard InChI is InChI=1S/C14H23N3O2S/c1-12-5-4-6-14(9-12)20(18,19)15-10-13-11-16(2)7-8-17(13)3/h4-6,9,13,15H,7-8,10-11H2,1-3H3. The van der Waals surface area contributed by atoms with Crippen LogP contribution in [0, 0.1) is 6.92 Å². The second-order valence-electron chi connectivity index (χ2n) is 5.57. The smallest absolute Gasteiger partial charge is 0.240 e. The maximum atomic E-state index is 12.3. The van der Waals surface area contributed by atoms with E-state index in [9.17, 15) is 8.42 Å². The Bertz CT molecular complexity index is 559. The first-order valence-corrected chi connectivity index (χ1v) is 8.32. The first-order chi connectivity index (χ1) is 9.38. The van der Waals surface area contributed by atoms with Gasteiger partial charge in [-0.1, -0.05) is 12.1 Å². The molecule has 1 N–H and O–H groups in total. The lowest BCUT2D eigenvalue weighted by atomic mass is 10.2. The maximum Gasteiger partial charge on any atom is 0.240 e. The molecular weight excluding hydrogens is 274 g/mol. The average molecular weight is 297 g/mol. The zero-order valence-electron chi connectivity index (χ0n) is 12.3. The first kappa shape index (κ1) is 15.4. The predicted molar refractivity (Wildman–Crippen MR) is 80.3 cm³/mol. The van der Waals surface area contributed by atoms with Gasteiger partial charge in [0.2, 0.25) is 10.0 Å². The largest absolute Gasteiger partial charge is 0.303 e. The SMILES string of the molecule is Cc1cccc(S(=O)(=O)NCC2CN(C)CCN2C)c1. The number of rotatable bonds is 4. The van der Waals surface area contributed by atoms with E-state index < -0.39 is 10.0 Å². The van der Waals surface area contributed by atoms with Crippen LogP contribution in [-0.4, -0.2) is 64.5 Å². The topological polar surface area (TPSA) is 52.7 Å². The zero-order valence-corrected chi connectivity index (χ0v) is 13.2. The fourth-order valence-electron chi connectivity index (χ4n) is 2.39. The molecule has 0 radical (unpaired) electrons. The normalized spacial score (nSPS) is 22.1. The van der Waals surface area contributed by atoms with Crippen LogP contribution in [0.15, 0.2) is 29.2 Å². The number of hydrogen-bond donors (Lipinski definition) is 1. The van der Waals surface area contributed by atoms with Gasteiger partial charge in [-0.15, -0.1) is 0 Å². The number of nitrogens with zero attached hydrogens (tertiary/aromatic N) is 2. The number of sulfonamides is 1. The third kappa shape index (κ3) is 3.79. The summed E-state index contributed by atoms with van der Waals surface area (Å²) in [6.07, 6.45) is 0. The molecule has 112 valence electrons. The molecule has 1 unspecified atom stereocenters. The van der Waals surface area contributed by atoms with Crippen molar-refractivity contribution in [3.8, 4) is 0 Å². The van der Waals surface area contributed by atoms with Gasteiger partial charge in [-0.3, -0.25) is 4.90 Å². The van der Waals surface area contributed by atoms with Gasteiger partial charge in [-0.2, -0.15) is 0 Å². The lowest BCUT2D eigenvalue weighted by Crippen LogP contribution is -2.54. The van der Waals surface area contributed by atoms with Crippen LogP contribution in [-0.2, 0) is 10.0 Å². The molecule has 0 saturated carbocycles. The number of nitrogens with one attached hydrogen (secondary N) is 1. The minimum absolute atomic E-state index is 0.216. The Morgan fingerprint density at radius 1 is 1.30 bits per heavy atom. The van der Waals surface area contributed by atoms with E-state index in [0.717, 1.165) is 25.2 Å². The van der Waals surface area contributed by atoms with Crippen molar-refractivity contribution in [2.75, 3.05) is 40.3 Å². The van der Waals surface area contributed by atoms with Crippen LogP contribution in [0.5, 0.6) is 0 Å². The van der Waals surface area contributed by atoms with Crippen molar-refractivity contribution in [1.82, 2.24) is 14.5 Å². The van der Waals surface area contributed by atoms with E-state index in [4.69, 9.17) is 0 Å². The highest BCUT2D eigenvalue weighted by molar-refractivity contribution is 7.89. The lowest BCUT2D eigenvalue weighted by molar-refractivity contribution is 0.117. The average Bonchev–Trinajstić information content (AvgIpc) is 2.40. The number of aryl methyl sites for hydroxylation is 1. The van der Waals surface area contributed by atoms with Crippen molar-refractivity contribution >= 4 is 10.0 Å². The highest BCUT2D eigenvalue weighted by Crippen LogP contribution is 2.11. The summed E-state index contributed by atoms with van der Waals surface area (Å²) in [6.45, 7) is 5.21. The second kappa shape index (κ2) is 6.22. The van der Waals surface area contributed by atoms with Crippen LogP contribution in [0.1, 0.15) is 5.56 Å². The highest BCUT2D eigenvalue weighted by atomic mass is 32.2. The number of piperazine rings is 1. The molecule has 1 aliphatic heterocycles. The number of likely N-dealkylation sites (N-methyl/N-ethyl adjacent to an activating group) is 2. The maximum absolute atomic E-state index is 12.3. The van der Waals surface area contributed by atoms with Gasteiger partial charge >= 0.3 is 0 Å². The van der Waals surface area contributed by atoms with Crippen molar-refractivity contribution in [2.24, 2.45) is 0 Å².